The van der Waals surface area contributed by atoms with E-state index in [1.54, 1.807) is 22.7 Å². The lowest BCUT2D eigenvalue weighted by Gasteiger charge is -2.28. The Bertz CT molecular complexity index is 503. The van der Waals surface area contributed by atoms with Gasteiger partial charge in [0.15, 0.2) is 0 Å². The molecule has 2 rings (SSSR count). The summed E-state index contributed by atoms with van der Waals surface area (Å²) < 4.78 is 0. The number of thiophene rings is 2. The second kappa shape index (κ2) is 7.54. The Labute approximate surface area is 135 Å². The van der Waals surface area contributed by atoms with Crippen LogP contribution in [0.5, 0.6) is 0 Å². The largest absolute Gasteiger partial charge is 0.389 e. The minimum absolute atomic E-state index is 0.280. The Kier molecular flexibility index (Phi) is 5.99. The highest BCUT2D eigenvalue weighted by molar-refractivity contribution is 7.10. The van der Waals surface area contributed by atoms with Crippen molar-refractivity contribution < 1.29 is 5.11 Å². The van der Waals surface area contributed by atoms with Crippen molar-refractivity contribution in [2.75, 3.05) is 6.54 Å². The Balaban J connectivity index is 2.00. The first kappa shape index (κ1) is 16.7. The second-order valence-corrected chi connectivity index (χ2v) is 8.34. The van der Waals surface area contributed by atoms with E-state index >= 15 is 0 Å². The van der Waals surface area contributed by atoms with Gasteiger partial charge in [-0.05, 0) is 42.2 Å². The Morgan fingerprint density at radius 2 is 1.90 bits per heavy atom. The van der Waals surface area contributed by atoms with Crippen LogP contribution in [0, 0.1) is 5.92 Å². The molecule has 0 aliphatic carbocycles. The maximum absolute atomic E-state index is 10.5. The van der Waals surface area contributed by atoms with E-state index in [1.807, 2.05) is 6.92 Å². The molecular formula is C17H25NOS2. The lowest BCUT2D eigenvalue weighted by molar-refractivity contribution is 0.0359. The van der Waals surface area contributed by atoms with Crippen molar-refractivity contribution >= 4 is 22.7 Å². The second-order valence-electron chi connectivity index (χ2n) is 6.33. The van der Waals surface area contributed by atoms with Gasteiger partial charge in [-0.3, -0.25) is 0 Å². The van der Waals surface area contributed by atoms with E-state index in [4.69, 9.17) is 0 Å². The quantitative estimate of drug-likeness (QED) is 0.750. The van der Waals surface area contributed by atoms with Crippen molar-refractivity contribution in [2.24, 2.45) is 5.92 Å². The van der Waals surface area contributed by atoms with Crippen molar-refractivity contribution in [3.05, 3.63) is 44.8 Å². The van der Waals surface area contributed by atoms with Gasteiger partial charge < -0.3 is 10.4 Å². The zero-order valence-corrected chi connectivity index (χ0v) is 14.6. The van der Waals surface area contributed by atoms with Crippen molar-refractivity contribution in [1.29, 1.82) is 0 Å². The summed E-state index contributed by atoms with van der Waals surface area (Å²) in [5, 5.41) is 18.3. The summed E-state index contributed by atoms with van der Waals surface area (Å²) in [7, 11) is 0. The van der Waals surface area contributed by atoms with Crippen LogP contribution in [0.3, 0.4) is 0 Å². The number of rotatable bonds is 8. The summed E-state index contributed by atoms with van der Waals surface area (Å²) in [6.07, 6.45) is 1.80. The molecule has 0 aliphatic heterocycles. The van der Waals surface area contributed by atoms with Crippen LogP contribution >= 0.6 is 22.7 Å². The number of nitrogens with one attached hydrogen (secondary N) is 1. The van der Waals surface area contributed by atoms with E-state index in [0.29, 0.717) is 12.5 Å². The van der Waals surface area contributed by atoms with Gasteiger partial charge in [-0.2, -0.15) is 0 Å². The number of hydrogen-bond acceptors (Lipinski definition) is 4. The van der Waals surface area contributed by atoms with Crippen LogP contribution < -0.4 is 5.32 Å². The van der Waals surface area contributed by atoms with Gasteiger partial charge in [-0.15, -0.1) is 22.7 Å². The third-order valence-electron chi connectivity index (χ3n) is 3.45. The van der Waals surface area contributed by atoms with Crippen LogP contribution in [0.15, 0.2) is 35.0 Å². The molecule has 0 spiro atoms. The van der Waals surface area contributed by atoms with Crippen LogP contribution in [-0.2, 0) is 6.42 Å². The molecule has 2 unspecified atom stereocenters. The zero-order chi connectivity index (χ0) is 15.3. The Morgan fingerprint density at radius 1 is 1.19 bits per heavy atom. The highest BCUT2D eigenvalue weighted by atomic mass is 32.1. The minimum atomic E-state index is -0.654. The summed E-state index contributed by atoms with van der Waals surface area (Å²) in [6.45, 7) is 6.85. The highest BCUT2D eigenvalue weighted by Gasteiger charge is 2.24. The zero-order valence-electron chi connectivity index (χ0n) is 13.0. The minimum Gasteiger partial charge on any atom is -0.389 e. The van der Waals surface area contributed by atoms with E-state index in [9.17, 15) is 5.11 Å². The summed E-state index contributed by atoms with van der Waals surface area (Å²) >= 11 is 3.57. The van der Waals surface area contributed by atoms with E-state index in [2.05, 4.69) is 54.2 Å². The molecular weight excluding hydrogens is 298 g/mol. The van der Waals surface area contributed by atoms with Crippen LogP contribution in [0.1, 0.15) is 43.0 Å². The summed E-state index contributed by atoms with van der Waals surface area (Å²) in [5.74, 6) is 0.499. The van der Waals surface area contributed by atoms with Gasteiger partial charge in [0, 0.05) is 28.8 Å². The molecule has 2 N–H and O–H groups in total. The fourth-order valence-corrected chi connectivity index (χ4v) is 4.24. The lowest BCUT2D eigenvalue weighted by Crippen LogP contribution is -2.40. The normalized spacial score (nSPS) is 16.0. The van der Waals surface area contributed by atoms with Gasteiger partial charge in [0.2, 0.25) is 0 Å². The van der Waals surface area contributed by atoms with E-state index in [0.717, 1.165) is 12.8 Å². The smallest absolute Gasteiger partial charge is 0.0746 e. The summed E-state index contributed by atoms with van der Waals surface area (Å²) in [6, 6.07) is 8.82. The molecule has 0 fully saturated rings. The van der Waals surface area contributed by atoms with Crippen molar-refractivity contribution in [1.82, 2.24) is 5.32 Å². The van der Waals surface area contributed by atoms with Gasteiger partial charge in [-0.25, -0.2) is 0 Å². The molecule has 2 aromatic heterocycles. The van der Waals surface area contributed by atoms with Crippen LogP contribution in [-0.4, -0.2) is 17.3 Å². The molecule has 2 aromatic rings. The third-order valence-corrected chi connectivity index (χ3v) is 5.33. The fourth-order valence-electron chi connectivity index (χ4n) is 2.69. The molecule has 0 saturated carbocycles. The van der Waals surface area contributed by atoms with Gasteiger partial charge in [0.1, 0.15) is 0 Å². The van der Waals surface area contributed by atoms with Crippen molar-refractivity contribution in [2.45, 2.75) is 45.3 Å². The molecule has 116 valence electrons. The SMILES string of the molecule is CC(C)CC(C)(O)CNC(Cc1cccs1)c1cccs1. The average molecular weight is 324 g/mol. The molecule has 0 bridgehead atoms. The van der Waals surface area contributed by atoms with Crippen molar-refractivity contribution in [3.63, 3.8) is 0 Å². The summed E-state index contributed by atoms with van der Waals surface area (Å²) in [5.41, 5.74) is -0.654. The molecule has 21 heavy (non-hydrogen) atoms. The van der Waals surface area contributed by atoms with Crippen LogP contribution in [0.2, 0.25) is 0 Å². The molecule has 2 nitrogen and oxygen atoms in total. The molecule has 0 saturated heterocycles. The Hall–Kier alpha value is -0.680. The highest BCUT2D eigenvalue weighted by Crippen LogP contribution is 2.26. The first-order chi connectivity index (χ1) is 9.96. The first-order valence-electron chi connectivity index (χ1n) is 7.48. The maximum atomic E-state index is 10.5. The molecule has 2 heterocycles. The lowest BCUT2D eigenvalue weighted by atomic mass is 9.94. The predicted molar refractivity (Wildman–Crippen MR) is 93.2 cm³/mol. The van der Waals surface area contributed by atoms with E-state index in [-0.39, 0.29) is 6.04 Å². The van der Waals surface area contributed by atoms with Gasteiger partial charge in [0.05, 0.1) is 5.60 Å². The predicted octanol–water partition coefficient (Wildman–Crippen LogP) is 4.48. The summed E-state index contributed by atoms with van der Waals surface area (Å²) in [4.78, 5) is 2.72. The van der Waals surface area contributed by atoms with Crippen LogP contribution in [0.25, 0.3) is 0 Å². The average Bonchev–Trinajstić information content (AvgIpc) is 3.05. The molecule has 4 heteroatoms. The molecule has 0 radical (unpaired) electrons. The standard InChI is InChI=1S/C17H25NOS2/c1-13(2)11-17(3,19)12-18-15(16-7-5-9-21-16)10-14-6-4-8-20-14/h4-9,13,15,18-19H,10-12H2,1-3H3. The van der Waals surface area contributed by atoms with Gasteiger partial charge in [0.25, 0.3) is 0 Å². The fraction of sp³-hybridized carbons (Fsp3) is 0.529. The van der Waals surface area contributed by atoms with Gasteiger partial charge in [-0.1, -0.05) is 26.0 Å². The molecule has 0 aliphatic rings. The van der Waals surface area contributed by atoms with Gasteiger partial charge >= 0.3 is 0 Å². The molecule has 2 atom stereocenters. The number of aliphatic hydroxyl groups is 1. The topological polar surface area (TPSA) is 32.3 Å². The number of hydrogen-bond donors (Lipinski definition) is 2. The molecule has 0 amide bonds. The maximum Gasteiger partial charge on any atom is 0.0746 e. The van der Waals surface area contributed by atoms with Crippen LogP contribution in [0.4, 0.5) is 0 Å². The Morgan fingerprint density at radius 3 is 2.48 bits per heavy atom. The molecule has 0 aromatic carbocycles. The van der Waals surface area contributed by atoms with Crippen molar-refractivity contribution in [3.8, 4) is 0 Å². The first-order valence-corrected chi connectivity index (χ1v) is 9.24. The monoisotopic (exact) mass is 323 g/mol. The van der Waals surface area contributed by atoms with E-state index < -0.39 is 5.60 Å². The third kappa shape index (κ3) is 5.55. The van der Waals surface area contributed by atoms with E-state index in [1.165, 1.54) is 9.75 Å².